The summed E-state index contributed by atoms with van der Waals surface area (Å²) in [5.41, 5.74) is 6.03. The van der Waals surface area contributed by atoms with Gasteiger partial charge in [-0.05, 0) is 25.5 Å². The lowest BCUT2D eigenvalue weighted by Gasteiger charge is -2.26. The molecule has 1 fully saturated rings. The van der Waals surface area contributed by atoms with Gasteiger partial charge in [0.15, 0.2) is 0 Å². The van der Waals surface area contributed by atoms with Gasteiger partial charge in [0.25, 0.3) is 0 Å². The normalized spacial score (nSPS) is 22.7. The van der Waals surface area contributed by atoms with Crippen LogP contribution in [0.3, 0.4) is 0 Å². The Hall–Kier alpha value is -0.730. The number of halogens is 1. The molecule has 0 radical (unpaired) electrons. The topological polar surface area (TPSA) is 72.6 Å². The van der Waals surface area contributed by atoms with Crippen molar-refractivity contribution in [2.75, 3.05) is 13.7 Å². The maximum atomic E-state index is 12.8. The molecule has 0 aromatic heterocycles. The number of thiocarbonyl (C=S) groups is 1. The average Bonchev–Trinajstić information content (AvgIpc) is 2.83. The van der Waals surface area contributed by atoms with Crippen molar-refractivity contribution < 1.29 is 13.2 Å². The predicted octanol–water partition coefficient (Wildman–Crippen LogP) is 1.77. The van der Waals surface area contributed by atoms with Crippen LogP contribution in [0.1, 0.15) is 18.9 Å². The van der Waals surface area contributed by atoms with Crippen molar-refractivity contribution in [1.82, 2.24) is 4.31 Å². The van der Waals surface area contributed by atoms with Crippen molar-refractivity contribution in [3.63, 3.8) is 0 Å². The van der Waals surface area contributed by atoms with E-state index in [4.69, 9.17) is 34.3 Å². The molecule has 1 heterocycles. The zero-order valence-corrected chi connectivity index (χ0v) is 14.1. The molecule has 2 unspecified atom stereocenters. The molecule has 8 heteroatoms. The van der Waals surface area contributed by atoms with Gasteiger partial charge in [-0.15, -0.1) is 0 Å². The van der Waals surface area contributed by atoms with Gasteiger partial charge < -0.3 is 10.5 Å². The van der Waals surface area contributed by atoms with Crippen LogP contribution < -0.4 is 5.73 Å². The Kier molecular flexibility index (Phi) is 4.89. The van der Waals surface area contributed by atoms with E-state index in [0.717, 1.165) is 0 Å². The minimum Gasteiger partial charge on any atom is -0.389 e. The van der Waals surface area contributed by atoms with E-state index in [0.29, 0.717) is 18.6 Å². The molecule has 1 aliphatic rings. The lowest BCUT2D eigenvalue weighted by molar-refractivity contribution is 0.102. The first-order valence-electron chi connectivity index (χ1n) is 6.44. The molecule has 116 valence electrons. The molecule has 2 atom stereocenters. The van der Waals surface area contributed by atoms with Crippen LogP contribution in [0.25, 0.3) is 0 Å². The summed E-state index contributed by atoms with van der Waals surface area (Å²) >= 11 is 10.9. The molecule has 2 rings (SSSR count). The van der Waals surface area contributed by atoms with E-state index < -0.39 is 10.0 Å². The van der Waals surface area contributed by atoms with Gasteiger partial charge >= 0.3 is 0 Å². The summed E-state index contributed by atoms with van der Waals surface area (Å²) in [6, 6.07) is 4.30. The molecule has 0 saturated carbocycles. The third-order valence-electron chi connectivity index (χ3n) is 3.68. The number of ether oxygens (including phenoxy) is 1. The van der Waals surface area contributed by atoms with E-state index >= 15 is 0 Å². The van der Waals surface area contributed by atoms with Gasteiger partial charge in [0, 0.05) is 19.2 Å². The molecular formula is C13H17ClN2O3S2. The predicted molar refractivity (Wildman–Crippen MR) is 86.1 cm³/mol. The van der Waals surface area contributed by atoms with Gasteiger partial charge in [-0.3, -0.25) is 0 Å². The Morgan fingerprint density at radius 1 is 1.52 bits per heavy atom. The highest BCUT2D eigenvalue weighted by molar-refractivity contribution is 7.89. The lowest BCUT2D eigenvalue weighted by atomic mass is 10.2. The summed E-state index contributed by atoms with van der Waals surface area (Å²) < 4.78 is 32.3. The molecule has 5 nitrogen and oxygen atoms in total. The Labute approximate surface area is 135 Å². The zero-order valence-electron chi connectivity index (χ0n) is 11.7. The molecule has 0 spiro atoms. The van der Waals surface area contributed by atoms with Crippen LogP contribution in [0.4, 0.5) is 0 Å². The van der Waals surface area contributed by atoms with Crippen LogP contribution in [0, 0.1) is 0 Å². The molecule has 1 aromatic carbocycles. The fraction of sp³-hybridized carbons (Fsp3) is 0.462. The number of hydrogen-bond donors (Lipinski definition) is 1. The van der Waals surface area contributed by atoms with Gasteiger partial charge in [-0.2, -0.15) is 4.31 Å². The Bertz CT molecular complexity index is 663. The number of rotatable bonds is 4. The van der Waals surface area contributed by atoms with Crippen LogP contribution in [0.15, 0.2) is 23.1 Å². The molecule has 0 amide bonds. The van der Waals surface area contributed by atoms with Gasteiger partial charge in [0.2, 0.25) is 10.0 Å². The molecule has 0 bridgehead atoms. The van der Waals surface area contributed by atoms with E-state index in [2.05, 4.69) is 0 Å². The highest BCUT2D eigenvalue weighted by atomic mass is 35.5. The summed E-state index contributed by atoms with van der Waals surface area (Å²) in [6.45, 7) is 2.41. The number of nitrogens with two attached hydrogens (primary N) is 1. The van der Waals surface area contributed by atoms with Gasteiger partial charge in [0.05, 0.1) is 17.2 Å². The van der Waals surface area contributed by atoms with Gasteiger partial charge in [-0.1, -0.05) is 29.9 Å². The molecular weight excluding hydrogens is 332 g/mol. The monoisotopic (exact) mass is 348 g/mol. The van der Waals surface area contributed by atoms with E-state index in [1.165, 1.54) is 23.5 Å². The molecule has 2 N–H and O–H groups in total. The Morgan fingerprint density at radius 2 is 2.19 bits per heavy atom. The number of nitrogens with zero attached hydrogens (tertiary/aromatic N) is 1. The number of sulfonamides is 1. The van der Waals surface area contributed by atoms with Crippen molar-refractivity contribution >= 4 is 38.8 Å². The summed E-state index contributed by atoms with van der Waals surface area (Å²) in [5, 5.41) is 0.147. The third-order valence-corrected chi connectivity index (χ3v) is 6.28. The second kappa shape index (κ2) is 6.18. The van der Waals surface area contributed by atoms with E-state index in [1.807, 2.05) is 6.92 Å². The summed E-state index contributed by atoms with van der Waals surface area (Å²) in [7, 11) is -2.20. The first kappa shape index (κ1) is 16.6. The van der Waals surface area contributed by atoms with Crippen LogP contribution in [0.5, 0.6) is 0 Å². The third kappa shape index (κ3) is 3.22. The van der Waals surface area contributed by atoms with E-state index in [1.54, 1.807) is 6.07 Å². The van der Waals surface area contributed by atoms with Crippen molar-refractivity contribution in [1.29, 1.82) is 0 Å². The highest BCUT2D eigenvalue weighted by Gasteiger charge is 2.36. The maximum Gasteiger partial charge on any atom is 0.244 e. The largest absolute Gasteiger partial charge is 0.389 e. The molecule has 1 saturated heterocycles. The van der Waals surface area contributed by atoms with Crippen LogP contribution in [0.2, 0.25) is 5.02 Å². The van der Waals surface area contributed by atoms with E-state index in [9.17, 15) is 8.42 Å². The smallest absolute Gasteiger partial charge is 0.244 e. The molecule has 21 heavy (non-hydrogen) atoms. The summed E-state index contributed by atoms with van der Waals surface area (Å²) in [6.07, 6.45) is 0.506. The van der Waals surface area contributed by atoms with E-state index in [-0.39, 0.29) is 27.1 Å². The summed E-state index contributed by atoms with van der Waals surface area (Å²) in [4.78, 5) is 0.138. The Morgan fingerprint density at radius 3 is 2.71 bits per heavy atom. The minimum absolute atomic E-state index is 0.0102. The first-order valence-corrected chi connectivity index (χ1v) is 8.66. The number of likely N-dealkylation sites (N-methyl/N-ethyl adjacent to an activating group) is 1. The molecule has 1 aromatic rings. The van der Waals surface area contributed by atoms with Crippen LogP contribution in [-0.4, -0.2) is 43.5 Å². The van der Waals surface area contributed by atoms with Gasteiger partial charge in [0.1, 0.15) is 9.88 Å². The maximum absolute atomic E-state index is 12.8. The molecule has 1 aliphatic heterocycles. The lowest BCUT2D eigenvalue weighted by Crippen LogP contribution is -2.41. The molecule has 0 aliphatic carbocycles. The van der Waals surface area contributed by atoms with Crippen LogP contribution >= 0.6 is 23.8 Å². The average molecular weight is 349 g/mol. The second-order valence-electron chi connectivity index (χ2n) is 4.96. The second-order valence-corrected chi connectivity index (χ2v) is 7.78. The van der Waals surface area contributed by atoms with Crippen LogP contribution in [-0.2, 0) is 14.8 Å². The van der Waals surface area contributed by atoms with Gasteiger partial charge in [-0.25, -0.2) is 8.42 Å². The Balaban J connectivity index is 2.43. The quantitative estimate of drug-likeness (QED) is 0.839. The standard InChI is InChI=1S/C13H17ClN2O3S2/c1-8-11(5-6-19-8)16(2)21(17,18)12-7-9(13(15)20)3-4-10(12)14/h3-4,7-8,11H,5-6H2,1-2H3,(H2,15,20). The van der Waals surface area contributed by atoms with Crippen molar-refractivity contribution in [3.05, 3.63) is 28.8 Å². The first-order chi connectivity index (χ1) is 9.75. The number of hydrogen-bond acceptors (Lipinski definition) is 4. The fourth-order valence-corrected chi connectivity index (χ4v) is 4.46. The fourth-order valence-electron chi connectivity index (χ4n) is 2.39. The summed E-state index contributed by atoms with van der Waals surface area (Å²) in [5.74, 6) is 0. The van der Waals surface area contributed by atoms with Crippen molar-refractivity contribution in [2.24, 2.45) is 5.73 Å². The van der Waals surface area contributed by atoms with Crippen molar-refractivity contribution in [2.45, 2.75) is 30.4 Å². The number of benzene rings is 1. The minimum atomic E-state index is -3.74. The van der Waals surface area contributed by atoms with Crippen molar-refractivity contribution in [3.8, 4) is 0 Å². The zero-order chi connectivity index (χ0) is 15.8. The highest BCUT2D eigenvalue weighted by Crippen LogP contribution is 2.29. The SMILES string of the molecule is CC1OCCC1N(C)S(=O)(=O)c1cc(C(N)=S)ccc1Cl.